The molecular formula is C13H16BrF2N. The second-order valence-corrected chi connectivity index (χ2v) is 5.53. The first-order valence-corrected chi connectivity index (χ1v) is 6.72. The average molecular weight is 304 g/mol. The average Bonchev–Trinajstić information content (AvgIpc) is 2.27. The Morgan fingerprint density at radius 3 is 2.82 bits per heavy atom. The largest absolute Gasteiger partial charge is 0.384 e. The van der Waals surface area contributed by atoms with E-state index < -0.39 is 5.92 Å². The van der Waals surface area contributed by atoms with Crippen LogP contribution in [0.1, 0.15) is 25.7 Å². The van der Waals surface area contributed by atoms with Crippen LogP contribution < -0.4 is 5.32 Å². The normalized spacial score (nSPS) is 23.4. The zero-order valence-corrected chi connectivity index (χ0v) is 11.1. The summed E-state index contributed by atoms with van der Waals surface area (Å²) < 4.78 is 27.4. The number of alkyl halides is 2. The van der Waals surface area contributed by atoms with Gasteiger partial charge in [0.2, 0.25) is 5.92 Å². The van der Waals surface area contributed by atoms with Gasteiger partial charge in [-0.15, -0.1) is 0 Å². The first-order chi connectivity index (χ1) is 8.07. The highest BCUT2D eigenvalue weighted by Gasteiger charge is 2.35. The Morgan fingerprint density at radius 1 is 1.35 bits per heavy atom. The van der Waals surface area contributed by atoms with E-state index in [0.29, 0.717) is 13.0 Å². The molecule has 1 fully saturated rings. The Balaban J connectivity index is 1.88. The lowest BCUT2D eigenvalue weighted by molar-refractivity contribution is -0.0502. The Kier molecular flexibility index (Phi) is 4.02. The molecule has 1 aromatic carbocycles. The minimum Gasteiger partial charge on any atom is -0.384 e. The predicted octanol–water partition coefficient (Wildman–Crippen LogP) is 4.69. The maximum absolute atomic E-state index is 13.2. The smallest absolute Gasteiger partial charge is 0.248 e. The van der Waals surface area contributed by atoms with Crippen LogP contribution >= 0.6 is 15.9 Å². The SMILES string of the molecule is FC1(F)CCCC(CNc2ccccc2Br)C1. The molecule has 4 heteroatoms. The summed E-state index contributed by atoms with van der Waals surface area (Å²) >= 11 is 3.43. The Morgan fingerprint density at radius 2 is 2.12 bits per heavy atom. The molecule has 0 radical (unpaired) electrons. The Bertz CT molecular complexity index is 381. The molecular weight excluding hydrogens is 288 g/mol. The molecule has 1 saturated carbocycles. The molecule has 1 aliphatic rings. The van der Waals surface area contributed by atoms with Crippen LogP contribution in [0.4, 0.5) is 14.5 Å². The number of benzene rings is 1. The van der Waals surface area contributed by atoms with E-state index in [1.165, 1.54) is 0 Å². The summed E-state index contributed by atoms with van der Waals surface area (Å²) in [6.45, 7) is 0.623. The minimum absolute atomic E-state index is 0.0183. The van der Waals surface area contributed by atoms with Crippen LogP contribution in [0.15, 0.2) is 28.7 Å². The van der Waals surface area contributed by atoms with Crippen LogP contribution in [0, 0.1) is 5.92 Å². The van der Waals surface area contributed by atoms with Gasteiger partial charge in [0.25, 0.3) is 0 Å². The van der Waals surface area contributed by atoms with E-state index in [4.69, 9.17) is 0 Å². The van der Waals surface area contributed by atoms with Gasteiger partial charge in [0.15, 0.2) is 0 Å². The second-order valence-electron chi connectivity index (χ2n) is 4.68. The van der Waals surface area contributed by atoms with Gasteiger partial charge in [-0.3, -0.25) is 0 Å². The summed E-state index contributed by atoms with van der Waals surface area (Å²) in [4.78, 5) is 0. The second kappa shape index (κ2) is 5.34. The van der Waals surface area contributed by atoms with Crippen molar-refractivity contribution in [2.24, 2.45) is 5.92 Å². The van der Waals surface area contributed by atoms with Gasteiger partial charge >= 0.3 is 0 Å². The lowest BCUT2D eigenvalue weighted by atomic mass is 9.86. The monoisotopic (exact) mass is 303 g/mol. The van der Waals surface area contributed by atoms with Crippen LogP contribution in [0.25, 0.3) is 0 Å². The number of para-hydroxylation sites is 1. The van der Waals surface area contributed by atoms with Crippen molar-refractivity contribution in [2.45, 2.75) is 31.6 Å². The topological polar surface area (TPSA) is 12.0 Å². The van der Waals surface area contributed by atoms with Crippen molar-refractivity contribution >= 4 is 21.6 Å². The van der Waals surface area contributed by atoms with Crippen LogP contribution in [0.2, 0.25) is 0 Å². The maximum atomic E-state index is 13.2. The molecule has 0 heterocycles. The molecule has 1 aromatic rings. The molecule has 1 unspecified atom stereocenters. The zero-order chi connectivity index (χ0) is 12.3. The summed E-state index contributed by atoms with van der Waals surface area (Å²) in [5.74, 6) is -2.38. The highest BCUT2D eigenvalue weighted by molar-refractivity contribution is 9.10. The van der Waals surface area contributed by atoms with E-state index >= 15 is 0 Å². The minimum atomic E-state index is -2.46. The first kappa shape index (κ1) is 12.8. The highest BCUT2D eigenvalue weighted by atomic mass is 79.9. The van der Waals surface area contributed by atoms with Gasteiger partial charge < -0.3 is 5.32 Å². The molecule has 1 nitrogen and oxygen atoms in total. The number of anilines is 1. The summed E-state index contributed by atoms with van der Waals surface area (Å²) in [5, 5.41) is 3.24. The number of hydrogen-bond donors (Lipinski definition) is 1. The van der Waals surface area contributed by atoms with Gasteiger partial charge in [0.1, 0.15) is 0 Å². The molecule has 1 aliphatic carbocycles. The highest BCUT2D eigenvalue weighted by Crippen LogP contribution is 2.36. The molecule has 17 heavy (non-hydrogen) atoms. The van der Waals surface area contributed by atoms with Crippen LogP contribution in [0.5, 0.6) is 0 Å². The molecule has 1 atom stereocenters. The van der Waals surface area contributed by atoms with Crippen molar-refractivity contribution in [3.8, 4) is 0 Å². The number of halogens is 3. The van der Waals surface area contributed by atoms with Gasteiger partial charge in [-0.1, -0.05) is 12.1 Å². The third-order valence-electron chi connectivity index (χ3n) is 3.20. The quantitative estimate of drug-likeness (QED) is 0.854. The van der Waals surface area contributed by atoms with Gasteiger partial charge in [-0.05, 0) is 46.8 Å². The van der Waals surface area contributed by atoms with E-state index in [2.05, 4.69) is 21.2 Å². The molecule has 1 N–H and O–H groups in total. The van der Waals surface area contributed by atoms with Crippen molar-refractivity contribution in [2.75, 3.05) is 11.9 Å². The van der Waals surface area contributed by atoms with E-state index in [0.717, 1.165) is 16.6 Å². The molecule has 94 valence electrons. The number of hydrogen-bond acceptors (Lipinski definition) is 1. The van der Waals surface area contributed by atoms with Gasteiger partial charge in [-0.25, -0.2) is 8.78 Å². The molecule has 0 amide bonds. The third-order valence-corrected chi connectivity index (χ3v) is 3.89. The molecule has 0 saturated heterocycles. The molecule has 0 aliphatic heterocycles. The fourth-order valence-corrected chi connectivity index (χ4v) is 2.73. The van der Waals surface area contributed by atoms with Crippen molar-refractivity contribution in [3.63, 3.8) is 0 Å². The zero-order valence-electron chi connectivity index (χ0n) is 9.56. The van der Waals surface area contributed by atoms with Crippen molar-refractivity contribution in [1.82, 2.24) is 0 Å². The van der Waals surface area contributed by atoms with E-state index in [1.54, 1.807) is 0 Å². The van der Waals surface area contributed by atoms with Crippen LogP contribution in [-0.4, -0.2) is 12.5 Å². The predicted molar refractivity (Wildman–Crippen MR) is 69.5 cm³/mol. The molecule has 2 rings (SSSR count). The van der Waals surface area contributed by atoms with Crippen molar-refractivity contribution in [1.29, 1.82) is 0 Å². The van der Waals surface area contributed by atoms with Gasteiger partial charge in [0, 0.05) is 29.5 Å². The summed E-state index contributed by atoms with van der Waals surface area (Å²) in [7, 11) is 0. The van der Waals surface area contributed by atoms with Gasteiger partial charge in [0.05, 0.1) is 0 Å². The fourth-order valence-electron chi connectivity index (χ4n) is 2.31. The molecule has 0 bridgehead atoms. The standard InChI is InChI=1S/C13H16BrF2N/c14-11-5-1-2-6-12(11)17-9-10-4-3-7-13(15,16)8-10/h1-2,5-6,10,17H,3-4,7-9H2. The van der Waals surface area contributed by atoms with E-state index in [1.807, 2.05) is 24.3 Å². The summed E-state index contributed by atoms with van der Waals surface area (Å²) in [6.07, 6.45) is 1.60. The lowest BCUT2D eigenvalue weighted by Crippen LogP contribution is -2.29. The van der Waals surface area contributed by atoms with E-state index in [9.17, 15) is 8.78 Å². The van der Waals surface area contributed by atoms with Crippen molar-refractivity contribution in [3.05, 3.63) is 28.7 Å². The summed E-state index contributed by atoms with van der Waals surface area (Å²) in [6, 6.07) is 7.76. The number of rotatable bonds is 3. The summed E-state index contributed by atoms with van der Waals surface area (Å²) in [5.41, 5.74) is 0.974. The van der Waals surface area contributed by atoms with Crippen molar-refractivity contribution < 1.29 is 8.78 Å². The molecule has 0 aromatic heterocycles. The fraction of sp³-hybridized carbons (Fsp3) is 0.538. The third kappa shape index (κ3) is 3.66. The maximum Gasteiger partial charge on any atom is 0.248 e. The first-order valence-electron chi connectivity index (χ1n) is 5.93. The Labute approximate surface area is 109 Å². The number of nitrogens with one attached hydrogen (secondary N) is 1. The molecule has 0 spiro atoms. The Hall–Kier alpha value is -0.640. The van der Waals surface area contributed by atoms with Crippen LogP contribution in [0.3, 0.4) is 0 Å². The van der Waals surface area contributed by atoms with Crippen LogP contribution in [-0.2, 0) is 0 Å². The lowest BCUT2D eigenvalue weighted by Gasteiger charge is -2.29. The van der Waals surface area contributed by atoms with Gasteiger partial charge in [-0.2, -0.15) is 0 Å². The van der Waals surface area contributed by atoms with E-state index in [-0.39, 0.29) is 18.8 Å².